The molecule has 2 unspecified atom stereocenters. The van der Waals surface area contributed by atoms with Crippen LogP contribution in [0, 0.1) is 17.8 Å². The predicted octanol–water partition coefficient (Wildman–Crippen LogP) is 25.7. The lowest BCUT2D eigenvalue weighted by Crippen LogP contribution is -2.30. The Bertz CT molecular complexity index is 2010. The molecular weight excluding hydrogens is 1350 g/mol. The van der Waals surface area contributed by atoms with Crippen molar-refractivity contribution in [3.63, 3.8) is 0 Å². The normalized spacial score (nSPS) is 13.9. The maximum Gasteiger partial charge on any atom is 0.472 e. The Morgan fingerprint density at radius 3 is 0.654 bits per heavy atom. The molecule has 0 spiro atoms. The summed E-state index contributed by atoms with van der Waals surface area (Å²) >= 11 is 0. The second-order valence-electron chi connectivity index (χ2n) is 32.0. The van der Waals surface area contributed by atoms with Gasteiger partial charge in [0.15, 0.2) is 12.2 Å². The zero-order chi connectivity index (χ0) is 76.5. The lowest BCUT2D eigenvalue weighted by atomic mass is 10.0. The minimum atomic E-state index is -4.97. The monoisotopic (exact) mass is 1520 g/mol. The molecule has 0 bridgehead atoms. The quantitative estimate of drug-likeness (QED) is 0.0222. The molecule has 5 atom stereocenters. The first kappa shape index (κ1) is 102. The number of carbonyl (C=O) groups excluding carboxylic acids is 4. The van der Waals surface area contributed by atoms with Crippen molar-refractivity contribution in [2.45, 2.75) is 465 Å². The number of phosphoric acid groups is 2. The van der Waals surface area contributed by atoms with Crippen LogP contribution in [0.5, 0.6) is 0 Å². The van der Waals surface area contributed by atoms with Crippen molar-refractivity contribution in [3.8, 4) is 0 Å². The average molecular weight is 1520 g/mol. The first-order valence-electron chi connectivity index (χ1n) is 43.8. The van der Waals surface area contributed by atoms with E-state index in [2.05, 4.69) is 48.5 Å². The minimum absolute atomic E-state index is 0.105. The number of unbranched alkanes of at least 4 members (excludes halogenated alkanes) is 51. The van der Waals surface area contributed by atoms with Crippen molar-refractivity contribution in [2.75, 3.05) is 39.6 Å². The van der Waals surface area contributed by atoms with Gasteiger partial charge in [-0.05, 0) is 43.4 Å². The van der Waals surface area contributed by atoms with Crippen LogP contribution in [0.1, 0.15) is 447 Å². The van der Waals surface area contributed by atoms with Crippen LogP contribution in [0.15, 0.2) is 0 Å². The number of hydrogen-bond acceptors (Lipinski definition) is 15. The van der Waals surface area contributed by atoms with Crippen LogP contribution < -0.4 is 0 Å². The maximum absolute atomic E-state index is 13.1. The van der Waals surface area contributed by atoms with Gasteiger partial charge < -0.3 is 33.8 Å². The molecule has 618 valence electrons. The number of phosphoric ester groups is 2. The van der Waals surface area contributed by atoms with E-state index in [9.17, 15) is 43.2 Å². The third kappa shape index (κ3) is 78.2. The van der Waals surface area contributed by atoms with Gasteiger partial charge in [-0.2, -0.15) is 0 Å². The summed E-state index contributed by atoms with van der Waals surface area (Å²) in [5, 5.41) is 10.7. The standard InChI is InChI=1S/C85H166O17P2/c1-8-9-10-11-12-13-14-15-16-17-18-19-20-21-26-29-32-38-47-54-61-68-84(89)101-80(72-95-82(87)66-59-52-45-37-31-28-25-23-22-24-27-30-35-42-49-56-63-76(2)3)74-99-103(91,92)97-70-79(86)71-98-104(93,94)100-75-81(73-96-83(88)67-60-53-46-41-40-44-51-58-65-78(6)7)102-85(90)69-62-55-48-39-34-33-36-43-50-57-64-77(4)5/h76-81,86H,8-75H2,1-7H3,(H,91,92)(H,93,94)/t79-,80-,81-/m1/s1. The molecule has 0 aromatic carbocycles. The molecule has 0 radical (unpaired) electrons. The van der Waals surface area contributed by atoms with E-state index in [4.69, 9.17) is 37.0 Å². The third-order valence-corrected chi connectivity index (χ3v) is 21.8. The molecule has 0 aliphatic heterocycles. The lowest BCUT2D eigenvalue weighted by Gasteiger charge is -2.21. The minimum Gasteiger partial charge on any atom is -0.462 e. The van der Waals surface area contributed by atoms with E-state index in [-0.39, 0.29) is 25.7 Å². The average Bonchev–Trinajstić information content (AvgIpc) is 0.948. The number of aliphatic hydroxyl groups excluding tert-OH is 1. The molecule has 0 saturated carbocycles. The van der Waals surface area contributed by atoms with Gasteiger partial charge in [0.25, 0.3) is 0 Å². The largest absolute Gasteiger partial charge is 0.472 e. The van der Waals surface area contributed by atoms with Crippen molar-refractivity contribution in [1.82, 2.24) is 0 Å². The van der Waals surface area contributed by atoms with E-state index < -0.39 is 97.5 Å². The number of rotatable bonds is 83. The van der Waals surface area contributed by atoms with E-state index in [1.165, 1.54) is 257 Å². The molecule has 0 aromatic heterocycles. The molecule has 0 heterocycles. The second kappa shape index (κ2) is 75.1. The van der Waals surface area contributed by atoms with Crippen LogP contribution in [0.3, 0.4) is 0 Å². The van der Waals surface area contributed by atoms with Gasteiger partial charge in [0, 0.05) is 25.7 Å². The Morgan fingerprint density at radius 1 is 0.260 bits per heavy atom. The van der Waals surface area contributed by atoms with Gasteiger partial charge in [-0.25, -0.2) is 9.13 Å². The van der Waals surface area contributed by atoms with Gasteiger partial charge in [-0.15, -0.1) is 0 Å². The highest BCUT2D eigenvalue weighted by atomic mass is 31.2. The predicted molar refractivity (Wildman–Crippen MR) is 428 cm³/mol. The fourth-order valence-electron chi connectivity index (χ4n) is 13.2. The topological polar surface area (TPSA) is 237 Å². The zero-order valence-corrected chi connectivity index (χ0v) is 70.3. The molecule has 0 saturated heterocycles. The molecule has 0 aromatic rings. The molecule has 3 N–H and O–H groups in total. The number of aliphatic hydroxyl groups is 1. The summed E-state index contributed by atoms with van der Waals surface area (Å²) in [7, 11) is -9.93. The summed E-state index contributed by atoms with van der Waals surface area (Å²) in [6.45, 7) is 11.9. The summed E-state index contributed by atoms with van der Waals surface area (Å²) in [6.07, 6.45) is 65.4. The van der Waals surface area contributed by atoms with Gasteiger partial charge in [-0.1, -0.05) is 395 Å². The Morgan fingerprint density at radius 2 is 0.442 bits per heavy atom. The first-order chi connectivity index (χ1) is 50.2. The molecule has 0 rings (SSSR count). The molecular formula is C85H166O17P2. The van der Waals surface area contributed by atoms with Gasteiger partial charge >= 0.3 is 39.5 Å². The van der Waals surface area contributed by atoms with E-state index in [0.29, 0.717) is 25.7 Å². The van der Waals surface area contributed by atoms with E-state index >= 15 is 0 Å². The summed E-state index contributed by atoms with van der Waals surface area (Å²) < 4.78 is 68.8. The second-order valence-corrected chi connectivity index (χ2v) is 34.9. The summed E-state index contributed by atoms with van der Waals surface area (Å²) in [4.78, 5) is 73.2. The number of hydrogen-bond donors (Lipinski definition) is 3. The van der Waals surface area contributed by atoms with Crippen LogP contribution in [-0.4, -0.2) is 96.7 Å². The van der Waals surface area contributed by atoms with Gasteiger partial charge in [0.05, 0.1) is 26.4 Å². The zero-order valence-electron chi connectivity index (χ0n) is 68.5. The van der Waals surface area contributed by atoms with Gasteiger partial charge in [-0.3, -0.25) is 37.3 Å². The van der Waals surface area contributed by atoms with Gasteiger partial charge in [0.1, 0.15) is 19.3 Å². The third-order valence-electron chi connectivity index (χ3n) is 19.9. The van der Waals surface area contributed by atoms with Crippen molar-refractivity contribution < 1.29 is 80.2 Å². The first-order valence-corrected chi connectivity index (χ1v) is 46.8. The number of esters is 4. The van der Waals surface area contributed by atoms with Crippen LogP contribution in [-0.2, 0) is 65.4 Å². The lowest BCUT2D eigenvalue weighted by molar-refractivity contribution is -0.161. The smallest absolute Gasteiger partial charge is 0.462 e. The van der Waals surface area contributed by atoms with E-state index in [0.717, 1.165) is 108 Å². The highest BCUT2D eigenvalue weighted by Crippen LogP contribution is 2.45. The highest BCUT2D eigenvalue weighted by Gasteiger charge is 2.30. The molecule has 0 aliphatic rings. The highest BCUT2D eigenvalue weighted by molar-refractivity contribution is 7.47. The fourth-order valence-corrected chi connectivity index (χ4v) is 14.8. The van der Waals surface area contributed by atoms with Gasteiger partial charge in [0.2, 0.25) is 0 Å². The van der Waals surface area contributed by atoms with Crippen LogP contribution in [0.4, 0.5) is 0 Å². The molecule has 0 fully saturated rings. The molecule has 0 amide bonds. The Balaban J connectivity index is 5.23. The van der Waals surface area contributed by atoms with Crippen molar-refractivity contribution in [1.29, 1.82) is 0 Å². The SMILES string of the molecule is CCCCCCCCCCCCCCCCCCCCCCCC(=O)O[C@H](COC(=O)CCCCCCCCCCCCCCCCCCC(C)C)COP(=O)(O)OC[C@@H](O)COP(=O)(O)OC[C@@H](COC(=O)CCCCCCCCCCC(C)C)OC(=O)CCCCCCCCCCCCC(C)C. The molecule has 19 heteroatoms. The summed E-state index contributed by atoms with van der Waals surface area (Å²) in [5.41, 5.74) is 0. The fraction of sp³-hybridized carbons (Fsp3) is 0.953. The Labute approximate surface area is 638 Å². The number of carbonyl (C=O) groups is 4. The number of ether oxygens (including phenoxy) is 4. The van der Waals surface area contributed by atoms with Crippen LogP contribution in [0.2, 0.25) is 0 Å². The van der Waals surface area contributed by atoms with E-state index in [1.54, 1.807) is 0 Å². The Kier molecular flexibility index (Phi) is 73.7. The van der Waals surface area contributed by atoms with Crippen molar-refractivity contribution >= 4 is 39.5 Å². The maximum atomic E-state index is 13.1. The summed E-state index contributed by atoms with van der Waals surface area (Å²) in [5.74, 6) is 0.183. The molecule has 0 aliphatic carbocycles. The van der Waals surface area contributed by atoms with Crippen molar-refractivity contribution in [3.05, 3.63) is 0 Å². The van der Waals surface area contributed by atoms with Crippen LogP contribution in [0.25, 0.3) is 0 Å². The van der Waals surface area contributed by atoms with Crippen molar-refractivity contribution in [2.24, 2.45) is 17.8 Å². The molecule has 104 heavy (non-hydrogen) atoms. The summed E-state index contributed by atoms with van der Waals surface area (Å²) in [6, 6.07) is 0. The van der Waals surface area contributed by atoms with E-state index in [1.807, 2.05) is 0 Å². The molecule has 17 nitrogen and oxygen atoms in total. The van der Waals surface area contributed by atoms with Crippen LogP contribution >= 0.6 is 15.6 Å². The Hall–Kier alpha value is -1.94.